The van der Waals surface area contributed by atoms with Gasteiger partial charge in [-0.15, -0.1) is 0 Å². The van der Waals surface area contributed by atoms with Gasteiger partial charge in [-0.3, -0.25) is 4.90 Å². The maximum absolute atomic E-state index is 5.48. The van der Waals surface area contributed by atoms with Gasteiger partial charge in [0.1, 0.15) is 0 Å². The highest BCUT2D eigenvalue weighted by atomic mass is 16.5. The quantitative estimate of drug-likeness (QED) is 0.731. The van der Waals surface area contributed by atoms with Crippen molar-refractivity contribution >= 4 is 5.95 Å². The zero-order valence-electron chi connectivity index (χ0n) is 14.9. The summed E-state index contributed by atoms with van der Waals surface area (Å²) in [5, 5.41) is 7.29. The van der Waals surface area contributed by atoms with Gasteiger partial charge in [-0.1, -0.05) is 35.5 Å². The minimum absolute atomic E-state index is 0.298. The van der Waals surface area contributed by atoms with Gasteiger partial charge in [0.2, 0.25) is 5.95 Å². The van der Waals surface area contributed by atoms with Crippen LogP contribution >= 0.6 is 0 Å². The normalized spacial score (nSPS) is 17.5. The molecule has 0 bridgehead atoms. The first-order valence-corrected chi connectivity index (χ1v) is 9.04. The Morgan fingerprint density at radius 1 is 1.15 bits per heavy atom. The van der Waals surface area contributed by atoms with Gasteiger partial charge in [0.25, 0.3) is 0 Å². The molecule has 2 aromatic heterocycles. The summed E-state index contributed by atoms with van der Waals surface area (Å²) < 4.78 is 5.48. The van der Waals surface area contributed by atoms with Gasteiger partial charge >= 0.3 is 0 Å². The standard InChI is InChI=1S/C20H23N5O/c1-15-10-19(26-24-15)18-8-5-9-25(18)14-17-12-22-20(23-13-17)21-11-16-6-3-2-4-7-16/h2-4,6-7,10,12-13,18H,5,8-9,11,14H2,1H3,(H,21,22,23)/t18-/m0/s1. The third-order valence-electron chi connectivity index (χ3n) is 4.72. The Kier molecular flexibility index (Phi) is 4.93. The van der Waals surface area contributed by atoms with Crippen molar-refractivity contribution < 1.29 is 4.52 Å². The van der Waals surface area contributed by atoms with Crippen LogP contribution in [0.3, 0.4) is 0 Å². The average Bonchev–Trinajstić information content (AvgIpc) is 3.31. The van der Waals surface area contributed by atoms with E-state index in [1.165, 1.54) is 12.0 Å². The van der Waals surface area contributed by atoms with Gasteiger partial charge in [-0.05, 0) is 31.9 Å². The molecule has 0 radical (unpaired) electrons. The van der Waals surface area contributed by atoms with Crippen LogP contribution < -0.4 is 5.32 Å². The Morgan fingerprint density at radius 3 is 2.69 bits per heavy atom. The monoisotopic (exact) mass is 349 g/mol. The Labute approximate surface area is 153 Å². The summed E-state index contributed by atoms with van der Waals surface area (Å²) in [7, 11) is 0. The molecule has 134 valence electrons. The smallest absolute Gasteiger partial charge is 0.222 e. The molecule has 1 atom stereocenters. The molecule has 1 aromatic carbocycles. The van der Waals surface area contributed by atoms with E-state index in [9.17, 15) is 0 Å². The van der Waals surface area contributed by atoms with Gasteiger partial charge in [0, 0.05) is 37.1 Å². The van der Waals surface area contributed by atoms with Crippen LogP contribution in [-0.4, -0.2) is 26.6 Å². The van der Waals surface area contributed by atoms with Gasteiger partial charge in [0.15, 0.2) is 5.76 Å². The molecule has 3 aromatic rings. The van der Waals surface area contributed by atoms with Gasteiger partial charge in [-0.2, -0.15) is 0 Å². The molecule has 6 nitrogen and oxygen atoms in total. The summed E-state index contributed by atoms with van der Waals surface area (Å²) in [6.45, 7) is 4.56. The first-order chi connectivity index (χ1) is 12.8. The predicted octanol–water partition coefficient (Wildman–Crippen LogP) is 3.72. The Balaban J connectivity index is 1.36. The third kappa shape index (κ3) is 3.91. The number of rotatable bonds is 6. The second kappa shape index (κ2) is 7.66. The van der Waals surface area contributed by atoms with Crippen LogP contribution in [0.25, 0.3) is 0 Å². The van der Waals surface area contributed by atoms with Crippen LogP contribution in [0, 0.1) is 6.92 Å². The number of aromatic nitrogens is 3. The van der Waals surface area contributed by atoms with E-state index in [1.807, 2.05) is 43.6 Å². The second-order valence-corrected chi connectivity index (χ2v) is 6.75. The Morgan fingerprint density at radius 2 is 1.96 bits per heavy atom. The van der Waals surface area contributed by atoms with Crippen LogP contribution in [-0.2, 0) is 13.1 Å². The molecule has 0 spiro atoms. The molecule has 1 aliphatic heterocycles. The molecule has 3 heterocycles. The van der Waals surface area contributed by atoms with E-state index in [0.29, 0.717) is 12.0 Å². The number of nitrogens with one attached hydrogen (secondary N) is 1. The van der Waals surface area contributed by atoms with Crippen LogP contribution in [0.5, 0.6) is 0 Å². The topological polar surface area (TPSA) is 67.1 Å². The molecular weight excluding hydrogens is 326 g/mol. The lowest BCUT2D eigenvalue weighted by molar-refractivity contribution is 0.206. The molecule has 1 aliphatic rings. The van der Waals surface area contributed by atoms with E-state index in [1.54, 1.807) is 0 Å². The lowest BCUT2D eigenvalue weighted by Crippen LogP contribution is -2.22. The molecule has 26 heavy (non-hydrogen) atoms. The van der Waals surface area contributed by atoms with Crippen LogP contribution in [0.4, 0.5) is 5.95 Å². The van der Waals surface area contributed by atoms with Crippen molar-refractivity contribution in [1.29, 1.82) is 0 Å². The summed E-state index contributed by atoms with van der Waals surface area (Å²) in [4.78, 5) is 11.3. The minimum Gasteiger partial charge on any atom is -0.359 e. The van der Waals surface area contributed by atoms with Gasteiger partial charge < -0.3 is 9.84 Å². The fourth-order valence-corrected chi connectivity index (χ4v) is 3.42. The zero-order valence-corrected chi connectivity index (χ0v) is 14.9. The fourth-order valence-electron chi connectivity index (χ4n) is 3.42. The van der Waals surface area contributed by atoms with Crippen LogP contribution in [0.2, 0.25) is 0 Å². The molecule has 1 N–H and O–H groups in total. The van der Waals surface area contributed by atoms with Crippen molar-refractivity contribution in [1.82, 2.24) is 20.0 Å². The molecule has 1 saturated heterocycles. The highest BCUT2D eigenvalue weighted by molar-refractivity contribution is 5.28. The maximum Gasteiger partial charge on any atom is 0.222 e. The molecule has 0 unspecified atom stereocenters. The molecule has 1 fully saturated rings. The lowest BCUT2D eigenvalue weighted by Gasteiger charge is -2.22. The van der Waals surface area contributed by atoms with Crippen molar-refractivity contribution in [2.24, 2.45) is 0 Å². The summed E-state index contributed by atoms with van der Waals surface area (Å²) in [6, 6.07) is 12.6. The van der Waals surface area contributed by atoms with Crippen molar-refractivity contribution in [2.75, 3.05) is 11.9 Å². The lowest BCUT2D eigenvalue weighted by atomic mass is 10.1. The highest BCUT2D eigenvalue weighted by Gasteiger charge is 2.29. The Bertz CT molecular complexity index is 831. The fraction of sp³-hybridized carbons (Fsp3) is 0.350. The maximum atomic E-state index is 5.48. The number of aryl methyl sites for hydroxylation is 1. The van der Waals surface area contributed by atoms with E-state index in [0.717, 1.165) is 43.1 Å². The van der Waals surface area contributed by atoms with Crippen molar-refractivity contribution in [3.63, 3.8) is 0 Å². The number of hydrogen-bond donors (Lipinski definition) is 1. The molecule has 4 rings (SSSR count). The molecule has 6 heteroatoms. The summed E-state index contributed by atoms with van der Waals surface area (Å²) in [5.74, 6) is 1.61. The minimum atomic E-state index is 0.298. The number of likely N-dealkylation sites (tertiary alicyclic amines) is 1. The van der Waals surface area contributed by atoms with E-state index < -0.39 is 0 Å². The van der Waals surface area contributed by atoms with Crippen molar-refractivity contribution in [3.05, 3.63) is 71.4 Å². The largest absolute Gasteiger partial charge is 0.359 e. The summed E-state index contributed by atoms with van der Waals surface area (Å²) >= 11 is 0. The SMILES string of the molecule is Cc1cc([C@@H]2CCCN2Cc2cnc(NCc3ccccc3)nc2)on1. The number of benzene rings is 1. The van der Waals surface area contributed by atoms with E-state index >= 15 is 0 Å². The summed E-state index contributed by atoms with van der Waals surface area (Å²) in [6.07, 6.45) is 6.08. The number of nitrogens with zero attached hydrogens (tertiary/aromatic N) is 4. The molecule has 0 aliphatic carbocycles. The zero-order chi connectivity index (χ0) is 17.8. The van der Waals surface area contributed by atoms with Gasteiger partial charge in [-0.25, -0.2) is 9.97 Å². The van der Waals surface area contributed by atoms with Crippen LogP contribution in [0.15, 0.2) is 53.3 Å². The van der Waals surface area contributed by atoms with E-state index in [2.05, 4.69) is 37.5 Å². The third-order valence-corrected chi connectivity index (χ3v) is 4.72. The molecular formula is C20H23N5O. The molecule has 0 amide bonds. The first-order valence-electron chi connectivity index (χ1n) is 9.04. The molecule has 0 saturated carbocycles. The van der Waals surface area contributed by atoms with Crippen LogP contribution in [0.1, 0.15) is 41.5 Å². The van der Waals surface area contributed by atoms with E-state index in [4.69, 9.17) is 4.52 Å². The van der Waals surface area contributed by atoms with Crippen molar-refractivity contribution in [3.8, 4) is 0 Å². The summed E-state index contributed by atoms with van der Waals surface area (Å²) in [5.41, 5.74) is 3.25. The van der Waals surface area contributed by atoms with Crippen molar-refractivity contribution in [2.45, 2.75) is 38.9 Å². The number of anilines is 1. The number of hydrogen-bond acceptors (Lipinski definition) is 6. The second-order valence-electron chi connectivity index (χ2n) is 6.75. The van der Waals surface area contributed by atoms with E-state index in [-0.39, 0.29) is 0 Å². The first kappa shape index (κ1) is 16.7. The average molecular weight is 349 g/mol. The predicted molar refractivity (Wildman–Crippen MR) is 99.4 cm³/mol. The Hall–Kier alpha value is -2.73. The highest BCUT2D eigenvalue weighted by Crippen LogP contribution is 2.33. The van der Waals surface area contributed by atoms with Gasteiger partial charge in [0.05, 0.1) is 11.7 Å².